The minimum Gasteiger partial charge on any atom is -0.489 e. The summed E-state index contributed by atoms with van der Waals surface area (Å²) in [4.78, 5) is 49.8. The number of ether oxygens (including phenoxy) is 2. The molecule has 2 aromatic carbocycles. The molecule has 10 heteroatoms. The van der Waals surface area contributed by atoms with Crippen LogP contribution in [0.2, 0.25) is 0 Å². The molecule has 0 saturated carbocycles. The molecule has 0 aromatic heterocycles. The molecular weight excluding hydrogens is 514 g/mol. The number of amides is 3. The molecule has 218 valence electrons. The van der Waals surface area contributed by atoms with E-state index in [9.17, 15) is 24.3 Å². The second-order valence-electron chi connectivity index (χ2n) is 10.6. The number of alkyl carbamates (subject to hydrolysis) is 1. The molecule has 2 aromatic rings. The summed E-state index contributed by atoms with van der Waals surface area (Å²) in [7, 11) is 0. The molecule has 3 atom stereocenters. The molecule has 0 spiro atoms. The topological polar surface area (TPSA) is 143 Å². The van der Waals surface area contributed by atoms with E-state index in [0.29, 0.717) is 18.8 Å². The summed E-state index contributed by atoms with van der Waals surface area (Å²) in [5.74, 6) is -1.73. The highest BCUT2D eigenvalue weighted by atomic mass is 16.6. The Kier molecular flexibility index (Phi) is 12.4. The summed E-state index contributed by atoms with van der Waals surface area (Å²) in [6.07, 6.45) is 1.04. The number of hydrogen-bond acceptors (Lipinski definition) is 6. The van der Waals surface area contributed by atoms with Gasteiger partial charge in [0.2, 0.25) is 11.8 Å². The van der Waals surface area contributed by atoms with Gasteiger partial charge in [-0.15, -0.1) is 0 Å². The molecule has 4 N–H and O–H groups in total. The van der Waals surface area contributed by atoms with E-state index >= 15 is 0 Å². The summed E-state index contributed by atoms with van der Waals surface area (Å²) in [5.41, 5.74) is 0.995. The molecule has 40 heavy (non-hydrogen) atoms. The van der Waals surface area contributed by atoms with Crippen LogP contribution in [0.15, 0.2) is 54.6 Å². The molecule has 0 aliphatic rings. The lowest BCUT2D eigenvalue weighted by Gasteiger charge is -2.25. The minimum absolute atomic E-state index is 0.118. The molecule has 0 radical (unpaired) electrons. The van der Waals surface area contributed by atoms with Gasteiger partial charge in [-0.05, 0) is 57.4 Å². The van der Waals surface area contributed by atoms with E-state index in [1.807, 2.05) is 37.3 Å². The van der Waals surface area contributed by atoms with Crippen LogP contribution in [-0.4, -0.2) is 52.7 Å². The Bertz CT molecular complexity index is 1110. The van der Waals surface area contributed by atoms with Crippen LogP contribution in [0.1, 0.15) is 65.0 Å². The van der Waals surface area contributed by atoms with Crippen molar-refractivity contribution in [2.24, 2.45) is 0 Å². The van der Waals surface area contributed by atoms with Gasteiger partial charge in [0, 0.05) is 6.42 Å². The highest BCUT2D eigenvalue weighted by Gasteiger charge is 2.28. The monoisotopic (exact) mass is 555 g/mol. The Morgan fingerprint density at radius 2 is 1.50 bits per heavy atom. The molecule has 0 heterocycles. The summed E-state index contributed by atoms with van der Waals surface area (Å²) >= 11 is 0. The van der Waals surface area contributed by atoms with E-state index in [-0.39, 0.29) is 12.8 Å². The first-order valence-corrected chi connectivity index (χ1v) is 13.5. The second-order valence-corrected chi connectivity index (χ2v) is 10.6. The number of benzene rings is 2. The molecule has 0 unspecified atom stereocenters. The van der Waals surface area contributed by atoms with Crippen molar-refractivity contribution in [3.8, 4) is 5.75 Å². The van der Waals surface area contributed by atoms with Gasteiger partial charge in [-0.2, -0.15) is 0 Å². The minimum atomic E-state index is -1.14. The van der Waals surface area contributed by atoms with Crippen LogP contribution < -0.4 is 20.7 Å². The van der Waals surface area contributed by atoms with Gasteiger partial charge in [0.1, 0.15) is 36.1 Å². The highest BCUT2D eigenvalue weighted by Crippen LogP contribution is 2.16. The molecular formula is C30H41N3O7. The van der Waals surface area contributed by atoms with E-state index < -0.39 is 47.6 Å². The van der Waals surface area contributed by atoms with Gasteiger partial charge in [0.15, 0.2) is 0 Å². The number of unbranched alkanes of at least 4 members (excludes halogenated alkanes) is 1. The zero-order valence-electron chi connectivity index (χ0n) is 23.9. The van der Waals surface area contributed by atoms with E-state index in [1.165, 1.54) is 6.92 Å². The zero-order chi connectivity index (χ0) is 29.7. The highest BCUT2D eigenvalue weighted by molar-refractivity contribution is 5.92. The maximum absolute atomic E-state index is 13.2. The zero-order valence-corrected chi connectivity index (χ0v) is 23.9. The fourth-order valence-electron chi connectivity index (χ4n) is 3.70. The van der Waals surface area contributed by atoms with Crippen LogP contribution in [0, 0.1) is 0 Å². The Hall–Kier alpha value is -4.08. The molecule has 0 bridgehead atoms. The fourth-order valence-corrected chi connectivity index (χ4v) is 3.70. The number of carbonyl (C=O) groups excluding carboxylic acids is 3. The number of carboxylic acid groups (broad SMARTS) is 1. The number of carbonyl (C=O) groups is 4. The first-order chi connectivity index (χ1) is 18.9. The lowest BCUT2D eigenvalue weighted by atomic mass is 10.0. The smallest absolute Gasteiger partial charge is 0.408 e. The number of rotatable bonds is 14. The Balaban J connectivity index is 2.08. The number of aliphatic carboxylic acids is 1. The van der Waals surface area contributed by atoms with Crippen molar-refractivity contribution in [3.05, 3.63) is 65.7 Å². The van der Waals surface area contributed by atoms with Crippen molar-refractivity contribution in [2.45, 2.75) is 90.6 Å². The van der Waals surface area contributed by atoms with Gasteiger partial charge in [0.05, 0.1) is 0 Å². The Morgan fingerprint density at radius 1 is 0.850 bits per heavy atom. The average Bonchev–Trinajstić information content (AvgIpc) is 2.89. The summed E-state index contributed by atoms with van der Waals surface area (Å²) < 4.78 is 11.1. The standard InChI is InChI=1S/C30H41N3O7/c1-6-7-13-24(28(36)37)32-26(34)20(2)31-27(35)25(33-29(38)40-30(3,4)5)18-21-14-16-23(17-15-21)39-19-22-11-9-8-10-12-22/h8-12,14-17,20,24-25H,6-7,13,18-19H2,1-5H3,(H,31,35)(H,32,34)(H,33,38)(H,36,37)/t20-,24-,25-/m1/s1. The lowest BCUT2D eigenvalue weighted by molar-refractivity contribution is -0.142. The summed E-state index contributed by atoms with van der Waals surface area (Å²) in [6, 6.07) is 13.7. The van der Waals surface area contributed by atoms with Crippen molar-refractivity contribution in [2.75, 3.05) is 0 Å². The van der Waals surface area contributed by atoms with Gasteiger partial charge in [-0.1, -0.05) is 62.2 Å². The van der Waals surface area contributed by atoms with Crippen LogP contribution in [0.4, 0.5) is 4.79 Å². The second kappa shape index (κ2) is 15.5. The van der Waals surface area contributed by atoms with E-state index in [1.54, 1.807) is 45.0 Å². The number of carboxylic acids is 1. The maximum Gasteiger partial charge on any atom is 0.408 e. The molecule has 10 nitrogen and oxygen atoms in total. The first-order valence-electron chi connectivity index (χ1n) is 13.5. The van der Waals surface area contributed by atoms with Crippen molar-refractivity contribution in [1.82, 2.24) is 16.0 Å². The normalized spacial score (nSPS) is 13.3. The summed E-state index contributed by atoms with van der Waals surface area (Å²) in [6.45, 7) is 8.91. The molecule has 0 aliphatic heterocycles. The van der Waals surface area contributed by atoms with E-state index in [2.05, 4.69) is 16.0 Å². The van der Waals surface area contributed by atoms with Crippen molar-refractivity contribution < 1.29 is 33.8 Å². The van der Waals surface area contributed by atoms with Crippen molar-refractivity contribution in [3.63, 3.8) is 0 Å². The predicted octanol–water partition coefficient (Wildman–Crippen LogP) is 3.97. The predicted molar refractivity (Wildman–Crippen MR) is 151 cm³/mol. The molecule has 0 saturated heterocycles. The molecule has 2 rings (SSSR count). The molecule has 0 fully saturated rings. The van der Waals surface area contributed by atoms with Gasteiger partial charge >= 0.3 is 12.1 Å². The van der Waals surface area contributed by atoms with Gasteiger partial charge in [-0.25, -0.2) is 9.59 Å². The average molecular weight is 556 g/mol. The van der Waals surface area contributed by atoms with Crippen LogP contribution in [-0.2, 0) is 32.1 Å². The van der Waals surface area contributed by atoms with Crippen LogP contribution in [0.5, 0.6) is 5.75 Å². The third-order valence-corrected chi connectivity index (χ3v) is 5.83. The quantitative estimate of drug-likeness (QED) is 0.276. The van der Waals surface area contributed by atoms with Crippen molar-refractivity contribution in [1.29, 1.82) is 0 Å². The van der Waals surface area contributed by atoms with Crippen LogP contribution in [0.3, 0.4) is 0 Å². The SMILES string of the molecule is CCCC[C@@H](NC(=O)[C@@H](C)NC(=O)[C@@H](Cc1ccc(OCc2ccccc2)cc1)NC(=O)OC(C)(C)C)C(=O)O. The van der Waals surface area contributed by atoms with E-state index in [4.69, 9.17) is 9.47 Å². The van der Waals surface area contributed by atoms with Crippen LogP contribution >= 0.6 is 0 Å². The van der Waals surface area contributed by atoms with Crippen molar-refractivity contribution >= 4 is 23.9 Å². The number of nitrogens with one attached hydrogen (secondary N) is 3. The Morgan fingerprint density at radius 3 is 2.08 bits per heavy atom. The fraction of sp³-hybridized carbons (Fsp3) is 0.467. The number of hydrogen-bond donors (Lipinski definition) is 4. The largest absolute Gasteiger partial charge is 0.489 e. The third-order valence-electron chi connectivity index (χ3n) is 5.83. The lowest BCUT2D eigenvalue weighted by Crippen LogP contribution is -2.55. The molecule has 3 amide bonds. The van der Waals surface area contributed by atoms with Gasteiger partial charge in [0.25, 0.3) is 0 Å². The maximum atomic E-state index is 13.2. The third kappa shape index (κ3) is 11.8. The van der Waals surface area contributed by atoms with Gasteiger partial charge < -0.3 is 30.5 Å². The first kappa shape index (κ1) is 32.1. The Labute approximate surface area is 235 Å². The summed E-state index contributed by atoms with van der Waals surface area (Å²) in [5, 5.41) is 17.0. The molecule has 0 aliphatic carbocycles. The van der Waals surface area contributed by atoms with Gasteiger partial charge in [-0.3, -0.25) is 9.59 Å². The van der Waals surface area contributed by atoms with E-state index in [0.717, 1.165) is 17.5 Å². The van der Waals surface area contributed by atoms with Crippen LogP contribution in [0.25, 0.3) is 0 Å².